The fourth-order valence-electron chi connectivity index (χ4n) is 8.38. The molecule has 198 valence electrons. The number of aliphatic hydroxyl groups is 3. The van der Waals surface area contributed by atoms with Crippen LogP contribution in [-0.2, 0) is 4.74 Å². The summed E-state index contributed by atoms with van der Waals surface area (Å²) >= 11 is 0. The van der Waals surface area contributed by atoms with Gasteiger partial charge in [0, 0.05) is 18.4 Å². The van der Waals surface area contributed by atoms with Crippen LogP contribution in [-0.4, -0.2) is 45.8 Å². The summed E-state index contributed by atoms with van der Waals surface area (Å²) in [7, 11) is 0. The maximum atomic E-state index is 10.9. The minimum Gasteiger partial charge on any atom is -0.393 e. The largest absolute Gasteiger partial charge is 0.393 e. The zero-order valence-corrected chi connectivity index (χ0v) is 22.5. The molecule has 0 bridgehead atoms. The minimum atomic E-state index is -0.624. The van der Waals surface area contributed by atoms with Crippen LogP contribution in [0.1, 0.15) is 111 Å². The molecule has 4 heteroatoms. The first-order chi connectivity index (χ1) is 16.7. The minimum absolute atomic E-state index is 0.277. The van der Waals surface area contributed by atoms with Crippen molar-refractivity contribution in [3.8, 4) is 0 Å². The SMILES string of the molecule is C=C1/C(=C\C=C2/CCC[C@]34CC3([C@@H](C)OCCCC(O)(CCC)CCC)CCC24)C[C@@H](O)C[C@@H]1O. The number of aliphatic hydroxyl groups excluding tert-OH is 2. The van der Waals surface area contributed by atoms with Gasteiger partial charge in [-0.3, -0.25) is 0 Å². The second-order valence-corrected chi connectivity index (χ2v) is 12.3. The highest BCUT2D eigenvalue weighted by atomic mass is 16.5. The fourth-order valence-corrected chi connectivity index (χ4v) is 8.38. The van der Waals surface area contributed by atoms with Gasteiger partial charge in [-0.2, -0.15) is 0 Å². The molecule has 1 spiro atoms. The molecule has 4 aliphatic carbocycles. The Balaban J connectivity index is 1.36. The van der Waals surface area contributed by atoms with Gasteiger partial charge in [-0.15, -0.1) is 0 Å². The molecule has 0 amide bonds. The lowest BCUT2D eigenvalue weighted by Gasteiger charge is -2.34. The van der Waals surface area contributed by atoms with Gasteiger partial charge in [0.15, 0.2) is 0 Å². The second-order valence-electron chi connectivity index (χ2n) is 12.3. The summed E-state index contributed by atoms with van der Waals surface area (Å²) < 4.78 is 6.48. The van der Waals surface area contributed by atoms with Crippen LogP contribution in [0.15, 0.2) is 35.5 Å². The first-order valence-corrected chi connectivity index (χ1v) is 14.5. The molecule has 4 nitrogen and oxygen atoms in total. The molecule has 3 N–H and O–H groups in total. The maximum Gasteiger partial charge on any atom is 0.0811 e. The molecule has 35 heavy (non-hydrogen) atoms. The first kappa shape index (κ1) is 27.1. The van der Waals surface area contributed by atoms with Crippen molar-refractivity contribution in [1.82, 2.24) is 0 Å². The number of ether oxygens (including phenoxy) is 1. The smallest absolute Gasteiger partial charge is 0.0811 e. The Labute approximate surface area is 213 Å². The quantitative estimate of drug-likeness (QED) is 0.296. The number of hydrogen-bond donors (Lipinski definition) is 3. The average Bonchev–Trinajstić information content (AvgIpc) is 3.34. The van der Waals surface area contributed by atoms with Gasteiger partial charge in [-0.05, 0) is 100 Å². The fraction of sp³-hybridized carbons (Fsp3) is 0.806. The molecular formula is C31H50O4. The normalized spacial score (nSPS) is 38.0. The highest BCUT2D eigenvalue weighted by molar-refractivity contribution is 5.40. The van der Waals surface area contributed by atoms with E-state index in [9.17, 15) is 15.3 Å². The molecule has 0 aliphatic heterocycles. The summed E-state index contributed by atoms with van der Waals surface area (Å²) in [5, 5.41) is 31.2. The van der Waals surface area contributed by atoms with E-state index in [0.717, 1.165) is 62.7 Å². The Bertz CT molecular complexity index is 822. The highest BCUT2D eigenvalue weighted by Gasteiger charge is 2.76. The lowest BCUT2D eigenvalue weighted by molar-refractivity contribution is -0.0242. The molecule has 0 aromatic rings. The van der Waals surface area contributed by atoms with Gasteiger partial charge >= 0.3 is 0 Å². The van der Waals surface area contributed by atoms with E-state index >= 15 is 0 Å². The van der Waals surface area contributed by atoms with Gasteiger partial charge in [-0.25, -0.2) is 0 Å². The second kappa shape index (κ2) is 10.8. The summed E-state index contributed by atoms with van der Waals surface area (Å²) in [4.78, 5) is 0. The van der Waals surface area contributed by atoms with Gasteiger partial charge < -0.3 is 20.1 Å². The van der Waals surface area contributed by atoms with Crippen LogP contribution in [0.4, 0.5) is 0 Å². The monoisotopic (exact) mass is 486 g/mol. The van der Waals surface area contributed by atoms with Crippen LogP contribution >= 0.6 is 0 Å². The van der Waals surface area contributed by atoms with Crippen molar-refractivity contribution < 1.29 is 20.1 Å². The van der Waals surface area contributed by atoms with Crippen LogP contribution < -0.4 is 0 Å². The number of allylic oxidation sites excluding steroid dienone is 3. The Morgan fingerprint density at radius 1 is 1.14 bits per heavy atom. The van der Waals surface area contributed by atoms with E-state index in [0.29, 0.717) is 29.6 Å². The van der Waals surface area contributed by atoms with Crippen LogP contribution in [0, 0.1) is 16.7 Å². The molecule has 6 atom stereocenters. The van der Waals surface area contributed by atoms with Crippen LogP contribution in [0.25, 0.3) is 0 Å². The molecule has 4 rings (SSSR count). The third-order valence-electron chi connectivity index (χ3n) is 10.2. The van der Waals surface area contributed by atoms with Crippen molar-refractivity contribution in [2.75, 3.05) is 6.61 Å². The summed E-state index contributed by atoms with van der Waals surface area (Å²) in [6.07, 6.45) is 17.8. The Hall–Kier alpha value is -0.940. The topological polar surface area (TPSA) is 69.9 Å². The number of hydrogen-bond acceptors (Lipinski definition) is 4. The van der Waals surface area contributed by atoms with Crippen molar-refractivity contribution in [2.24, 2.45) is 16.7 Å². The summed E-state index contributed by atoms with van der Waals surface area (Å²) in [6.45, 7) is 11.4. The van der Waals surface area contributed by atoms with Crippen molar-refractivity contribution in [1.29, 1.82) is 0 Å². The molecule has 0 aromatic carbocycles. The van der Waals surface area contributed by atoms with E-state index in [-0.39, 0.29) is 6.10 Å². The van der Waals surface area contributed by atoms with E-state index in [2.05, 4.69) is 39.5 Å². The van der Waals surface area contributed by atoms with Gasteiger partial charge in [0.2, 0.25) is 0 Å². The standard InChI is InChI=1S/C31H50O4/c1-5-13-29(34,14-6-2)15-8-18-35-23(4)30-17-12-27-24(9-7-16-31(27,30)21-30)10-11-25-19-26(32)20-28(33)22(25)3/h10-11,23,26-28,32-34H,3,5-9,12-21H2,1-2,4H3/b24-10+,25-11-/t23-,26-,27?,28+,30?,31-/m1/s1. The van der Waals surface area contributed by atoms with Crippen LogP contribution in [0.5, 0.6) is 0 Å². The Morgan fingerprint density at radius 2 is 1.89 bits per heavy atom. The lowest BCUT2D eigenvalue weighted by Crippen LogP contribution is -2.31. The molecule has 0 saturated heterocycles. The van der Waals surface area contributed by atoms with Gasteiger partial charge in [0.05, 0.1) is 23.9 Å². The van der Waals surface area contributed by atoms with Gasteiger partial charge in [-0.1, -0.05) is 51.0 Å². The predicted molar refractivity (Wildman–Crippen MR) is 142 cm³/mol. The molecule has 0 heterocycles. The summed E-state index contributed by atoms with van der Waals surface area (Å²) in [5.41, 5.74) is 3.56. The molecular weight excluding hydrogens is 436 g/mol. The predicted octanol–water partition coefficient (Wildman–Crippen LogP) is 6.40. The van der Waals surface area contributed by atoms with E-state index in [1.807, 2.05) is 0 Å². The van der Waals surface area contributed by atoms with Gasteiger partial charge in [0.1, 0.15) is 0 Å². The zero-order valence-electron chi connectivity index (χ0n) is 22.5. The molecule has 0 radical (unpaired) electrons. The maximum absolute atomic E-state index is 10.9. The van der Waals surface area contributed by atoms with E-state index in [4.69, 9.17) is 4.74 Å². The Kier molecular flexibility index (Phi) is 8.37. The molecule has 4 aliphatic rings. The Morgan fingerprint density at radius 3 is 2.60 bits per heavy atom. The zero-order chi connectivity index (χ0) is 25.3. The van der Waals surface area contributed by atoms with Crippen molar-refractivity contribution in [2.45, 2.75) is 135 Å². The van der Waals surface area contributed by atoms with E-state index < -0.39 is 17.8 Å². The lowest BCUT2D eigenvalue weighted by atomic mass is 9.72. The van der Waals surface area contributed by atoms with Crippen molar-refractivity contribution in [3.05, 3.63) is 35.5 Å². The third kappa shape index (κ3) is 5.23. The van der Waals surface area contributed by atoms with Gasteiger partial charge in [0.25, 0.3) is 0 Å². The van der Waals surface area contributed by atoms with E-state index in [1.54, 1.807) is 5.57 Å². The molecule has 0 aromatic heterocycles. The molecule has 4 fully saturated rings. The van der Waals surface area contributed by atoms with E-state index in [1.165, 1.54) is 32.1 Å². The van der Waals surface area contributed by atoms with Crippen molar-refractivity contribution >= 4 is 0 Å². The first-order valence-electron chi connectivity index (χ1n) is 14.5. The molecule has 2 unspecified atom stereocenters. The summed E-state index contributed by atoms with van der Waals surface area (Å²) in [5.74, 6) is 0.644. The third-order valence-corrected chi connectivity index (χ3v) is 10.2. The van der Waals surface area contributed by atoms with Crippen molar-refractivity contribution in [3.63, 3.8) is 0 Å². The van der Waals surface area contributed by atoms with Crippen LogP contribution in [0.2, 0.25) is 0 Å². The van der Waals surface area contributed by atoms with Crippen LogP contribution in [0.3, 0.4) is 0 Å². The summed E-state index contributed by atoms with van der Waals surface area (Å²) in [6, 6.07) is 0. The highest BCUT2D eigenvalue weighted by Crippen LogP contribution is 2.82. The molecule has 4 saturated carbocycles. The average molecular weight is 487 g/mol. The number of rotatable bonds is 11.